The molecular formula is C26H30F5N5O3S. The number of pyridine rings is 1. The van der Waals surface area contributed by atoms with Crippen molar-refractivity contribution in [3.63, 3.8) is 0 Å². The number of fused-ring (bicyclic) bond motifs is 2. The fourth-order valence-electron chi connectivity index (χ4n) is 5.54. The highest BCUT2D eigenvalue weighted by Gasteiger charge is 2.40. The van der Waals surface area contributed by atoms with Crippen LogP contribution in [-0.2, 0) is 4.74 Å². The van der Waals surface area contributed by atoms with Crippen molar-refractivity contribution in [1.82, 2.24) is 19.8 Å². The van der Waals surface area contributed by atoms with Crippen LogP contribution in [0.25, 0.3) is 10.4 Å². The van der Waals surface area contributed by atoms with Crippen molar-refractivity contribution in [2.24, 2.45) is 0 Å². The number of thiazole rings is 1. The lowest BCUT2D eigenvalue weighted by Gasteiger charge is -2.31. The zero-order valence-corrected chi connectivity index (χ0v) is 22.8. The summed E-state index contributed by atoms with van der Waals surface area (Å²) in [4.78, 5) is 38.7. The molecule has 2 aromatic rings. The molecular weight excluding hydrogens is 557 g/mol. The number of hydrogen-bond acceptors (Lipinski definition) is 7. The molecule has 218 valence electrons. The van der Waals surface area contributed by atoms with Gasteiger partial charge >= 0.3 is 6.18 Å². The van der Waals surface area contributed by atoms with E-state index in [4.69, 9.17) is 4.74 Å². The molecule has 8 nitrogen and oxygen atoms in total. The Kier molecular flexibility index (Phi) is 8.01. The number of anilines is 1. The van der Waals surface area contributed by atoms with Crippen molar-refractivity contribution in [3.8, 4) is 10.4 Å². The van der Waals surface area contributed by atoms with E-state index in [1.54, 1.807) is 9.80 Å². The Morgan fingerprint density at radius 1 is 1.18 bits per heavy atom. The maximum absolute atomic E-state index is 14.3. The van der Waals surface area contributed by atoms with Crippen molar-refractivity contribution in [2.45, 2.75) is 82.8 Å². The topological polar surface area (TPSA) is 87.7 Å². The minimum absolute atomic E-state index is 0.0166. The maximum atomic E-state index is 14.3. The van der Waals surface area contributed by atoms with Gasteiger partial charge in [-0.1, -0.05) is 6.92 Å². The maximum Gasteiger partial charge on any atom is 0.408 e. The Morgan fingerprint density at radius 2 is 1.88 bits per heavy atom. The van der Waals surface area contributed by atoms with Gasteiger partial charge in [-0.3, -0.25) is 9.59 Å². The van der Waals surface area contributed by atoms with E-state index in [1.807, 2.05) is 6.92 Å². The predicted molar refractivity (Wildman–Crippen MR) is 138 cm³/mol. The number of likely N-dealkylation sites (tertiary alicyclic amines) is 2. The average Bonchev–Trinajstić information content (AvgIpc) is 3.63. The molecule has 2 bridgehead atoms. The van der Waals surface area contributed by atoms with E-state index in [9.17, 15) is 31.5 Å². The van der Waals surface area contributed by atoms with E-state index < -0.39 is 36.0 Å². The number of aromatic nitrogens is 2. The quantitative estimate of drug-likeness (QED) is 0.429. The largest absolute Gasteiger partial charge is 0.408 e. The zero-order chi connectivity index (χ0) is 28.8. The van der Waals surface area contributed by atoms with Gasteiger partial charge in [0.05, 0.1) is 17.1 Å². The van der Waals surface area contributed by atoms with Gasteiger partial charge in [0, 0.05) is 43.0 Å². The summed E-state index contributed by atoms with van der Waals surface area (Å²) in [5.74, 6) is -1.27. The van der Waals surface area contributed by atoms with Gasteiger partial charge in [0.2, 0.25) is 0 Å². The van der Waals surface area contributed by atoms with Crippen LogP contribution in [0.5, 0.6) is 0 Å². The standard InChI is InChI=1S/C26H30F5N5O3S/c1-3-18(26(29,30)31)33-19-9-16(22(27)28)17(10-32-19)21-20(24(37)36-8-4-5-13(36)2)34-23(40-21)25(38)35-11-14-6-7-15(12-35)39-14/h9-10,13-15,18,22H,3-8,11-12H2,1-2H3,(H,32,33)/t13-,14?,15?,18-/m0/s1. The van der Waals surface area contributed by atoms with Gasteiger partial charge in [0.1, 0.15) is 17.6 Å². The summed E-state index contributed by atoms with van der Waals surface area (Å²) >= 11 is 0.821. The molecule has 3 aliphatic rings. The molecule has 0 spiro atoms. The number of ether oxygens (including phenoxy) is 1. The van der Waals surface area contributed by atoms with E-state index in [0.29, 0.717) is 19.6 Å². The second-order valence-electron chi connectivity index (χ2n) is 10.5. The van der Waals surface area contributed by atoms with Crippen molar-refractivity contribution < 1.29 is 36.3 Å². The second-order valence-corrected chi connectivity index (χ2v) is 11.5. The molecule has 2 amide bonds. The van der Waals surface area contributed by atoms with Crippen LogP contribution in [0, 0.1) is 0 Å². The molecule has 5 heterocycles. The van der Waals surface area contributed by atoms with Crippen LogP contribution in [0.4, 0.5) is 27.8 Å². The average molecular weight is 588 g/mol. The summed E-state index contributed by atoms with van der Waals surface area (Å²) in [6, 6.07) is -1.20. The molecule has 4 atom stereocenters. The zero-order valence-electron chi connectivity index (χ0n) is 22.0. The number of rotatable bonds is 7. The first-order valence-corrected chi connectivity index (χ1v) is 14.2. The molecule has 40 heavy (non-hydrogen) atoms. The highest BCUT2D eigenvalue weighted by molar-refractivity contribution is 7.17. The van der Waals surface area contributed by atoms with Crippen LogP contribution in [0.15, 0.2) is 12.3 Å². The number of carbonyl (C=O) groups excluding carboxylic acids is 2. The molecule has 1 N–H and O–H groups in total. The first-order chi connectivity index (χ1) is 19.0. The van der Waals surface area contributed by atoms with E-state index in [0.717, 1.165) is 49.3 Å². The molecule has 3 aliphatic heterocycles. The van der Waals surface area contributed by atoms with Gasteiger partial charge in [-0.2, -0.15) is 13.2 Å². The van der Waals surface area contributed by atoms with Crippen LogP contribution in [0.1, 0.15) is 78.2 Å². The van der Waals surface area contributed by atoms with Crippen molar-refractivity contribution in [2.75, 3.05) is 25.0 Å². The molecule has 2 aromatic heterocycles. The van der Waals surface area contributed by atoms with Crippen LogP contribution < -0.4 is 5.32 Å². The van der Waals surface area contributed by atoms with Gasteiger partial charge in [-0.05, 0) is 45.1 Å². The predicted octanol–water partition coefficient (Wildman–Crippen LogP) is 5.52. The number of morpholine rings is 1. The van der Waals surface area contributed by atoms with Gasteiger partial charge in [-0.15, -0.1) is 11.3 Å². The lowest BCUT2D eigenvalue weighted by molar-refractivity contribution is -0.142. The molecule has 0 radical (unpaired) electrons. The molecule has 2 unspecified atom stereocenters. The third-order valence-electron chi connectivity index (χ3n) is 7.70. The fraction of sp³-hybridized carbons (Fsp3) is 0.615. The minimum atomic E-state index is -4.60. The number of amides is 2. The van der Waals surface area contributed by atoms with Crippen LogP contribution >= 0.6 is 11.3 Å². The second kappa shape index (κ2) is 11.2. The van der Waals surface area contributed by atoms with E-state index in [1.165, 1.54) is 6.92 Å². The van der Waals surface area contributed by atoms with Crippen molar-refractivity contribution in [3.05, 3.63) is 28.5 Å². The smallest absolute Gasteiger partial charge is 0.371 e. The number of nitrogens with one attached hydrogen (secondary N) is 1. The van der Waals surface area contributed by atoms with E-state index in [2.05, 4.69) is 15.3 Å². The molecule has 14 heteroatoms. The Balaban J connectivity index is 1.54. The third-order valence-corrected chi connectivity index (χ3v) is 8.78. The van der Waals surface area contributed by atoms with Gasteiger partial charge in [-0.25, -0.2) is 18.7 Å². The lowest BCUT2D eigenvalue weighted by Crippen LogP contribution is -2.45. The van der Waals surface area contributed by atoms with Crippen molar-refractivity contribution in [1.29, 1.82) is 0 Å². The Hall–Kier alpha value is -2.87. The molecule has 0 aromatic carbocycles. The molecule has 3 fully saturated rings. The molecule has 3 saturated heterocycles. The molecule has 0 saturated carbocycles. The molecule has 0 aliphatic carbocycles. The van der Waals surface area contributed by atoms with Gasteiger partial charge in [0.15, 0.2) is 5.01 Å². The Bertz CT molecular complexity index is 1260. The summed E-state index contributed by atoms with van der Waals surface area (Å²) < 4.78 is 74.3. The Labute approximate surface area is 231 Å². The van der Waals surface area contributed by atoms with E-state index in [-0.39, 0.29) is 51.6 Å². The summed E-state index contributed by atoms with van der Waals surface area (Å²) in [6.07, 6.45) is -3.92. The monoisotopic (exact) mass is 587 g/mol. The number of hydrogen-bond donors (Lipinski definition) is 1. The van der Waals surface area contributed by atoms with Crippen molar-refractivity contribution >= 4 is 29.0 Å². The first kappa shape index (κ1) is 28.7. The highest BCUT2D eigenvalue weighted by Crippen LogP contribution is 2.40. The van der Waals surface area contributed by atoms with Crippen LogP contribution in [0.3, 0.4) is 0 Å². The summed E-state index contributed by atoms with van der Waals surface area (Å²) in [6.45, 7) is 4.41. The minimum Gasteiger partial charge on any atom is -0.371 e. The summed E-state index contributed by atoms with van der Waals surface area (Å²) in [5, 5.41) is 2.17. The number of halogens is 5. The normalized spacial score (nSPS) is 23.6. The first-order valence-electron chi connectivity index (χ1n) is 13.3. The summed E-state index contributed by atoms with van der Waals surface area (Å²) in [5.41, 5.74) is -0.885. The number of nitrogens with zero attached hydrogens (tertiary/aromatic N) is 4. The van der Waals surface area contributed by atoms with Crippen LogP contribution in [-0.4, -0.2) is 81.7 Å². The fourth-order valence-corrected chi connectivity index (χ4v) is 6.60. The van der Waals surface area contributed by atoms with Gasteiger partial charge < -0.3 is 19.9 Å². The molecule has 5 rings (SSSR count). The highest BCUT2D eigenvalue weighted by atomic mass is 32.1. The van der Waals surface area contributed by atoms with Crippen LogP contribution in [0.2, 0.25) is 0 Å². The SMILES string of the molecule is CC[C@H](Nc1cc(C(F)F)c(-c2sc(C(=O)N3CC4CCC(C3)O4)nc2C(=O)N2CCC[C@@H]2C)cn1)C(F)(F)F. The Morgan fingerprint density at radius 3 is 2.45 bits per heavy atom. The summed E-state index contributed by atoms with van der Waals surface area (Å²) in [7, 11) is 0. The van der Waals surface area contributed by atoms with E-state index >= 15 is 0 Å². The number of carbonyl (C=O) groups is 2. The van der Waals surface area contributed by atoms with Gasteiger partial charge in [0.25, 0.3) is 18.2 Å². The third kappa shape index (κ3) is 5.65. The lowest BCUT2D eigenvalue weighted by atomic mass is 10.1. The number of alkyl halides is 5.